The van der Waals surface area contributed by atoms with Gasteiger partial charge in [0.25, 0.3) is 0 Å². The Balaban J connectivity index is 1.89. The van der Waals surface area contributed by atoms with Crippen molar-refractivity contribution in [1.82, 2.24) is 10.2 Å². The highest BCUT2D eigenvalue weighted by atomic mass is 19.4. The predicted molar refractivity (Wildman–Crippen MR) is 56.3 cm³/mol. The molecule has 17 heavy (non-hydrogen) atoms. The van der Waals surface area contributed by atoms with E-state index in [0.29, 0.717) is 6.54 Å². The molecule has 98 valence electrons. The summed E-state index contributed by atoms with van der Waals surface area (Å²) in [6.07, 6.45) is -2.40. The number of hydrogen-bond acceptors (Lipinski definition) is 2. The van der Waals surface area contributed by atoms with Crippen LogP contribution in [0.1, 0.15) is 19.3 Å². The molecule has 0 spiro atoms. The van der Waals surface area contributed by atoms with Gasteiger partial charge in [-0.15, -0.1) is 0 Å². The zero-order valence-corrected chi connectivity index (χ0v) is 9.59. The number of nitrogens with one attached hydrogen (secondary N) is 1. The maximum absolute atomic E-state index is 12.5. The summed E-state index contributed by atoms with van der Waals surface area (Å²) in [5, 5.41) is 3.11. The minimum Gasteiger partial charge on any atom is -0.342 e. The monoisotopic (exact) mass is 250 g/mol. The lowest BCUT2D eigenvalue weighted by Gasteiger charge is -2.27. The second kappa shape index (κ2) is 4.84. The number of carbonyl (C=O) groups is 1. The molecule has 2 rings (SSSR count). The fourth-order valence-corrected chi connectivity index (χ4v) is 2.55. The van der Waals surface area contributed by atoms with Gasteiger partial charge < -0.3 is 10.2 Å². The van der Waals surface area contributed by atoms with Gasteiger partial charge in [-0.2, -0.15) is 13.2 Å². The molecular weight excluding hydrogens is 233 g/mol. The van der Waals surface area contributed by atoms with Crippen LogP contribution in [0.3, 0.4) is 0 Å². The first kappa shape index (κ1) is 12.7. The van der Waals surface area contributed by atoms with Gasteiger partial charge in [0.1, 0.15) is 0 Å². The number of piperidine rings is 1. The normalized spacial score (nSPS) is 30.6. The number of halogens is 3. The van der Waals surface area contributed by atoms with Crippen molar-refractivity contribution in [2.45, 2.75) is 25.4 Å². The van der Waals surface area contributed by atoms with Gasteiger partial charge in [-0.25, -0.2) is 0 Å². The third-order valence-electron chi connectivity index (χ3n) is 3.61. The van der Waals surface area contributed by atoms with Crippen molar-refractivity contribution in [2.24, 2.45) is 11.8 Å². The first-order chi connectivity index (χ1) is 7.98. The highest BCUT2D eigenvalue weighted by molar-refractivity contribution is 5.79. The number of rotatable bonds is 1. The third-order valence-corrected chi connectivity index (χ3v) is 3.61. The van der Waals surface area contributed by atoms with Gasteiger partial charge in [0.2, 0.25) is 5.91 Å². The molecule has 2 heterocycles. The van der Waals surface area contributed by atoms with E-state index in [1.807, 2.05) is 0 Å². The van der Waals surface area contributed by atoms with Gasteiger partial charge in [0.05, 0.1) is 11.8 Å². The Bertz CT molecular complexity index is 287. The average Bonchev–Trinajstić information content (AvgIpc) is 2.78. The van der Waals surface area contributed by atoms with Gasteiger partial charge in [-0.3, -0.25) is 4.79 Å². The molecule has 3 nitrogen and oxygen atoms in total. The van der Waals surface area contributed by atoms with Crippen molar-refractivity contribution >= 4 is 5.91 Å². The Morgan fingerprint density at radius 2 is 2.06 bits per heavy atom. The smallest absolute Gasteiger partial charge is 0.342 e. The molecular formula is C11H17F3N2O. The van der Waals surface area contributed by atoms with E-state index in [1.165, 1.54) is 4.90 Å². The molecule has 2 atom stereocenters. The van der Waals surface area contributed by atoms with E-state index < -0.39 is 12.1 Å². The first-order valence-corrected chi connectivity index (χ1v) is 6.04. The van der Waals surface area contributed by atoms with Crippen LogP contribution in [-0.2, 0) is 4.79 Å². The summed E-state index contributed by atoms with van der Waals surface area (Å²) in [7, 11) is 0. The van der Waals surface area contributed by atoms with Gasteiger partial charge in [-0.05, 0) is 25.8 Å². The molecule has 0 saturated carbocycles. The lowest BCUT2D eigenvalue weighted by molar-refractivity contribution is -0.171. The molecule has 0 aromatic heterocycles. The van der Waals surface area contributed by atoms with Crippen molar-refractivity contribution in [3.8, 4) is 0 Å². The number of hydrogen-bond donors (Lipinski definition) is 1. The zero-order chi connectivity index (χ0) is 12.5. The van der Waals surface area contributed by atoms with E-state index in [4.69, 9.17) is 0 Å². The van der Waals surface area contributed by atoms with Crippen molar-refractivity contribution in [1.29, 1.82) is 0 Å². The van der Waals surface area contributed by atoms with E-state index in [1.54, 1.807) is 0 Å². The second-order valence-corrected chi connectivity index (χ2v) is 4.85. The van der Waals surface area contributed by atoms with E-state index in [0.717, 1.165) is 19.4 Å². The second-order valence-electron chi connectivity index (χ2n) is 4.85. The molecule has 2 saturated heterocycles. The van der Waals surface area contributed by atoms with Crippen LogP contribution in [-0.4, -0.2) is 43.2 Å². The Hall–Kier alpha value is -0.780. The Morgan fingerprint density at radius 1 is 1.29 bits per heavy atom. The highest BCUT2D eigenvalue weighted by Gasteiger charge is 2.45. The Labute approximate surface area is 98.3 Å². The number of alkyl halides is 3. The van der Waals surface area contributed by atoms with Gasteiger partial charge in [0, 0.05) is 19.6 Å². The van der Waals surface area contributed by atoms with Crippen LogP contribution in [0, 0.1) is 11.8 Å². The fraction of sp³-hybridized carbons (Fsp3) is 0.909. The van der Waals surface area contributed by atoms with Gasteiger partial charge in [-0.1, -0.05) is 0 Å². The summed E-state index contributed by atoms with van der Waals surface area (Å²) >= 11 is 0. The molecule has 0 aromatic rings. The molecule has 2 fully saturated rings. The average molecular weight is 250 g/mol. The number of nitrogens with zero attached hydrogens (tertiary/aromatic N) is 1. The number of carbonyl (C=O) groups excluding carboxylic acids is 1. The molecule has 0 bridgehead atoms. The lowest BCUT2D eigenvalue weighted by Crippen LogP contribution is -2.42. The standard InChI is InChI=1S/C11H17F3N2O/c12-11(13,14)9-3-5-16(7-9)10(17)8-2-1-4-15-6-8/h8-9,15H,1-7H2/t8-,9+/m1/s1. The lowest BCUT2D eigenvalue weighted by atomic mass is 9.98. The molecule has 2 aliphatic heterocycles. The van der Waals surface area contributed by atoms with Crippen LogP contribution >= 0.6 is 0 Å². The van der Waals surface area contributed by atoms with Crippen molar-refractivity contribution in [3.63, 3.8) is 0 Å². The summed E-state index contributed by atoms with van der Waals surface area (Å²) in [6.45, 7) is 1.60. The van der Waals surface area contributed by atoms with Crippen LogP contribution in [0.15, 0.2) is 0 Å². The maximum Gasteiger partial charge on any atom is 0.393 e. The quantitative estimate of drug-likeness (QED) is 0.763. The van der Waals surface area contributed by atoms with Gasteiger partial charge in [0.15, 0.2) is 0 Å². The van der Waals surface area contributed by atoms with E-state index in [9.17, 15) is 18.0 Å². The van der Waals surface area contributed by atoms with Crippen molar-refractivity contribution < 1.29 is 18.0 Å². The maximum atomic E-state index is 12.5. The van der Waals surface area contributed by atoms with Crippen LogP contribution in [0.5, 0.6) is 0 Å². The molecule has 0 radical (unpaired) electrons. The van der Waals surface area contributed by atoms with Crippen LogP contribution in [0.4, 0.5) is 13.2 Å². The molecule has 6 heteroatoms. The molecule has 1 amide bonds. The minimum atomic E-state index is -4.17. The molecule has 0 unspecified atom stereocenters. The third kappa shape index (κ3) is 2.91. The highest BCUT2D eigenvalue weighted by Crippen LogP contribution is 2.34. The summed E-state index contributed by atoms with van der Waals surface area (Å²) < 4.78 is 37.5. The van der Waals surface area contributed by atoms with Gasteiger partial charge >= 0.3 is 6.18 Å². The topological polar surface area (TPSA) is 32.3 Å². The largest absolute Gasteiger partial charge is 0.393 e. The van der Waals surface area contributed by atoms with Crippen LogP contribution in [0.2, 0.25) is 0 Å². The summed E-state index contributed by atoms with van der Waals surface area (Å²) in [5.41, 5.74) is 0. The molecule has 2 aliphatic rings. The molecule has 0 aliphatic carbocycles. The van der Waals surface area contributed by atoms with Crippen LogP contribution in [0.25, 0.3) is 0 Å². The van der Waals surface area contributed by atoms with Crippen molar-refractivity contribution in [3.05, 3.63) is 0 Å². The number of likely N-dealkylation sites (tertiary alicyclic amines) is 1. The van der Waals surface area contributed by atoms with Crippen molar-refractivity contribution in [2.75, 3.05) is 26.2 Å². The molecule has 1 N–H and O–H groups in total. The minimum absolute atomic E-state index is 0.0510. The Morgan fingerprint density at radius 3 is 2.59 bits per heavy atom. The van der Waals surface area contributed by atoms with E-state index >= 15 is 0 Å². The zero-order valence-electron chi connectivity index (χ0n) is 9.59. The predicted octanol–water partition coefficient (Wildman–Crippen LogP) is 1.40. The fourth-order valence-electron chi connectivity index (χ4n) is 2.55. The summed E-state index contributed by atoms with van der Waals surface area (Å²) in [5.74, 6) is -1.57. The summed E-state index contributed by atoms with van der Waals surface area (Å²) in [4.78, 5) is 13.4. The number of amides is 1. The molecule has 0 aromatic carbocycles. The first-order valence-electron chi connectivity index (χ1n) is 6.04. The van der Waals surface area contributed by atoms with E-state index in [-0.39, 0.29) is 31.3 Å². The SMILES string of the molecule is O=C([C@@H]1CCCNC1)N1CC[C@H](C(F)(F)F)C1. The van der Waals surface area contributed by atoms with Crippen LogP contribution < -0.4 is 5.32 Å². The van der Waals surface area contributed by atoms with E-state index in [2.05, 4.69) is 5.32 Å². The Kier molecular flexibility index (Phi) is 3.61. The summed E-state index contributed by atoms with van der Waals surface area (Å²) in [6, 6.07) is 0.